The van der Waals surface area contributed by atoms with E-state index in [1.54, 1.807) is 0 Å². The van der Waals surface area contributed by atoms with Gasteiger partial charge < -0.3 is 10.0 Å². The lowest BCUT2D eigenvalue weighted by atomic mass is 10.1. The van der Waals surface area contributed by atoms with Crippen molar-refractivity contribution in [2.24, 2.45) is 0 Å². The average molecular weight is 171 g/mol. The molecular weight excluding hydrogens is 150 g/mol. The molecule has 0 aromatic heterocycles. The molecule has 2 nitrogen and oxygen atoms in total. The Labute approximate surface area is 75.6 Å². The van der Waals surface area contributed by atoms with Crippen LogP contribution in [0.1, 0.15) is 39.0 Å². The van der Waals surface area contributed by atoms with Crippen molar-refractivity contribution < 1.29 is 5.11 Å². The van der Waals surface area contributed by atoms with Crippen LogP contribution in [0.3, 0.4) is 0 Å². The maximum atomic E-state index is 9.23. The van der Waals surface area contributed by atoms with E-state index in [-0.39, 0.29) is 6.10 Å². The Bertz CT molecular complexity index is 106. The largest absolute Gasteiger partial charge is 0.392 e. The van der Waals surface area contributed by atoms with Gasteiger partial charge in [-0.05, 0) is 32.9 Å². The molecule has 1 saturated heterocycles. The molecule has 0 spiro atoms. The highest BCUT2D eigenvalue weighted by Gasteiger charge is 2.09. The van der Waals surface area contributed by atoms with Gasteiger partial charge in [-0.15, -0.1) is 0 Å². The minimum absolute atomic E-state index is 0.163. The molecule has 0 aliphatic carbocycles. The minimum atomic E-state index is -0.163. The molecular formula is C10H21NO. The van der Waals surface area contributed by atoms with Crippen LogP contribution in [0.25, 0.3) is 0 Å². The second kappa shape index (κ2) is 5.55. The van der Waals surface area contributed by atoms with Crippen LogP contribution in [0.4, 0.5) is 0 Å². The number of hydrogen-bond acceptors (Lipinski definition) is 2. The smallest absolute Gasteiger partial charge is 0.0639 e. The van der Waals surface area contributed by atoms with E-state index < -0.39 is 0 Å². The summed E-state index contributed by atoms with van der Waals surface area (Å²) >= 11 is 0. The van der Waals surface area contributed by atoms with Crippen LogP contribution < -0.4 is 0 Å². The normalized spacial score (nSPS) is 24.5. The molecule has 0 unspecified atom stereocenters. The summed E-state index contributed by atoms with van der Waals surface area (Å²) < 4.78 is 0. The molecule has 1 rings (SSSR count). The lowest BCUT2D eigenvalue weighted by Gasteiger charge is -2.25. The van der Waals surface area contributed by atoms with Crippen LogP contribution in [-0.4, -0.2) is 35.7 Å². The molecule has 2 heteroatoms. The zero-order chi connectivity index (χ0) is 8.81. The van der Waals surface area contributed by atoms with Gasteiger partial charge in [-0.3, -0.25) is 0 Å². The van der Waals surface area contributed by atoms with Gasteiger partial charge in [-0.2, -0.15) is 0 Å². The van der Waals surface area contributed by atoms with Crippen molar-refractivity contribution in [3.63, 3.8) is 0 Å². The standard InChI is InChI=1S/C10H21NO/c1-10(12)9-11-7-5-3-2-4-6-8-11/h10,12H,2-9H2,1H3/t10-/m1/s1. The topological polar surface area (TPSA) is 23.5 Å². The molecule has 0 aromatic rings. The van der Waals surface area contributed by atoms with E-state index in [1.807, 2.05) is 6.92 Å². The monoisotopic (exact) mass is 171 g/mol. The number of nitrogens with zero attached hydrogens (tertiary/aromatic N) is 1. The highest BCUT2D eigenvalue weighted by Crippen LogP contribution is 2.10. The summed E-state index contributed by atoms with van der Waals surface area (Å²) in [6.45, 7) is 5.11. The highest BCUT2D eigenvalue weighted by atomic mass is 16.3. The SMILES string of the molecule is C[C@@H](O)CN1CCCCCCC1. The zero-order valence-corrected chi connectivity index (χ0v) is 8.13. The molecule has 1 fully saturated rings. The molecule has 0 radical (unpaired) electrons. The molecule has 12 heavy (non-hydrogen) atoms. The summed E-state index contributed by atoms with van der Waals surface area (Å²) in [6, 6.07) is 0. The third kappa shape index (κ3) is 4.07. The lowest BCUT2D eigenvalue weighted by Crippen LogP contribution is -2.33. The Balaban J connectivity index is 2.20. The van der Waals surface area contributed by atoms with E-state index >= 15 is 0 Å². The Morgan fingerprint density at radius 2 is 1.58 bits per heavy atom. The number of aliphatic hydroxyl groups excluding tert-OH is 1. The first kappa shape index (κ1) is 10.0. The second-order valence-electron chi connectivity index (χ2n) is 3.92. The van der Waals surface area contributed by atoms with Crippen LogP contribution in [0.5, 0.6) is 0 Å². The molecule has 1 heterocycles. The summed E-state index contributed by atoms with van der Waals surface area (Å²) in [7, 11) is 0. The van der Waals surface area contributed by atoms with Gasteiger partial charge in [0.05, 0.1) is 6.10 Å². The predicted molar refractivity (Wildman–Crippen MR) is 51.2 cm³/mol. The number of rotatable bonds is 2. The first-order chi connectivity index (χ1) is 5.79. The third-order valence-electron chi connectivity index (χ3n) is 2.47. The van der Waals surface area contributed by atoms with Crippen LogP contribution in [-0.2, 0) is 0 Å². The molecule has 0 aromatic carbocycles. The van der Waals surface area contributed by atoms with Crippen molar-refractivity contribution in [3.8, 4) is 0 Å². The fourth-order valence-electron chi connectivity index (χ4n) is 1.87. The Morgan fingerprint density at radius 1 is 1.08 bits per heavy atom. The van der Waals surface area contributed by atoms with Crippen LogP contribution >= 0.6 is 0 Å². The van der Waals surface area contributed by atoms with Crippen molar-refractivity contribution in [3.05, 3.63) is 0 Å². The minimum Gasteiger partial charge on any atom is -0.392 e. The summed E-state index contributed by atoms with van der Waals surface area (Å²) in [5, 5.41) is 9.23. The fraction of sp³-hybridized carbons (Fsp3) is 1.00. The molecule has 0 amide bonds. The number of likely N-dealkylation sites (tertiary alicyclic amines) is 1. The van der Waals surface area contributed by atoms with E-state index in [9.17, 15) is 5.11 Å². The van der Waals surface area contributed by atoms with Gasteiger partial charge in [-0.25, -0.2) is 0 Å². The van der Waals surface area contributed by atoms with Gasteiger partial charge in [0.2, 0.25) is 0 Å². The van der Waals surface area contributed by atoms with Gasteiger partial charge >= 0.3 is 0 Å². The van der Waals surface area contributed by atoms with E-state index in [0.717, 1.165) is 6.54 Å². The van der Waals surface area contributed by atoms with Crippen molar-refractivity contribution in [2.45, 2.75) is 45.1 Å². The van der Waals surface area contributed by atoms with Crippen molar-refractivity contribution >= 4 is 0 Å². The molecule has 72 valence electrons. The summed E-state index contributed by atoms with van der Waals surface area (Å²) in [6.07, 6.45) is 6.61. The third-order valence-corrected chi connectivity index (χ3v) is 2.47. The van der Waals surface area contributed by atoms with E-state index in [2.05, 4.69) is 4.90 Å². The average Bonchev–Trinajstić information content (AvgIpc) is 1.93. The Kier molecular flexibility index (Phi) is 4.62. The maximum absolute atomic E-state index is 9.23. The van der Waals surface area contributed by atoms with Crippen LogP contribution in [0.15, 0.2) is 0 Å². The number of hydrogen-bond donors (Lipinski definition) is 1. The Hall–Kier alpha value is -0.0800. The van der Waals surface area contributed by atoms with Crippen LogP contribution in [0.2, 0.25) is 0 Å². The predicted octanol–water partition coefficient (Wildman–Crippen LogP) is 1.63. The fourth-order valence-corrected chi connectivity index (χ4v) is 1.87. The van der Waals surface area contributed by atoms with Crippen molar-refractivity contribution in [2.75, 3.05) is 19.6 Å². The van der Waals surface area contributed by atoms with E-state index in [1.165, 1.54) is 45.2 Å². The molecule has 1 N–H and O–H groups in total. The van der Waals surface area contributed by atoms with Crippen molar-refractivity contribution in [1.29, 1.82) is 0 Å². The molecule has 0 bridgehead atoms. The molecule has 1 atom stereocenters. The summed E-state index contributed by atoms with van der Waals surface area (Å²) in [5.41, 5.74) is 0. The van der Waals surface area contributed by atoms with E-state index in [0.29, 0.717) is 0 Å². The number of aliphatic hydroxyl groups is 1. The van der Waals surface area contributed by atoms with Crippen LogP contribution in [0, 0.1) is 0 Å². The van der Waals surface area contributed by atoms with Gasteiger partial charge in [-0.1, -0.05) is 19.3 Å². The first-order valence-corrected chi connectivity index (χ1v) is 5.19. The second-order valence-corrected chi connectivity index (χ2v) is 3.92. The van der Waals surface area contributed by atoms with Gasteiger partial charge in [0.1, 0.15) is 0 Å². The molecule has 1 aliphatic rings. The van der Waals surface area contributed by atoms with E-state index in [4.69, 9.17) is 0 Å². The van der Waals surface area contributed by atoms with Gasteiger partial charge in [0, 0.05) is 6.54 Å². The number of β-amino-alcohol motifs (C(OH)–C–C–N with tert-alkyl or cyclic N) is 1. The quantitative estimate of drug-likeness (QED) is 0.682. The van der Waals surface area contributed by atoms with Gasteiger partial charge in [0.25, 0.3) is 0 Å². The lowest BCUT2D eigenvalue weighted by molar-refractivity contribution is 0.121. The van der Waals surface area contributed by atoms with Crippen molar-refractivity contribution in [1.82, 2.24) is 4.90 Å². The summed E-state index contributed by atoms with van der Waals surface area (Å²) in [5.74, 6) is 0. The Morgan fingerprint density at radius 3 is 2.08 bits per heavy atom. The molecule has 0 saturated carbocycles. The zero-order valence-electron chi connectivity index (χ0n) is 8.13. The highest BCUT2D eigenvalue weighted by molar-refractivity contribution is 4.64. The first-order valence-electron chi connectivity index (χ1n) is 5.19. The molecule has 1 aliphatic heterocycles. The maximum Gasteiger partial charge on any atom is 0.0639 e. The van der Waals surface area contributed by atoms with Gasteiger partial charge in [0.15, 0.2) is 0 Å². The summed E-state index contributed by atoms with van der Waals surface area (Å²) in [4.78, 5) is 2.39.